The zero-order chi connectivity index (χ0) is 22.0. The fourth-order valence-electron chi connectivity index (χ4n) is 4.31. The van der Waals surface area contributed by atoms with Crippen LogP contribution in [0, 0.1) is 11.3 Å². The van der Waals surface area contributed by atoms with Gasteiger partial charge < -0.3 is 9.80 Å². The summed E-state index contributed by atoms with van der Waals surface area (Å²) in [6.45, 7) is 9.92. The van der Waals surface area contributed by atoms with Crippen molar-refractivity contribution in [2.24, 2.45) is 0 Å². The highest BCUT2D eigenvalue weighted by atomic mass is 16.2. The van der Waals surface area contributed by atoms with Gasteiger partial charge in [0.25, 0.3) is 5.91 Å². The first-order valence-electron chi connectivity index (χ1n) is 10.9. The van der Waals surface area contributed by atoms with Crippen LogP contribution in [0.5, 0.6) is 0 Å². The number of nitrogens with zero attached hydrogens (tertiary/aromatic N) is 6. The predicted molar refractivity (Wildman–Crippen MR) is 118 cm³/mol. The number of carbonyl (C=O) groups excluding carboxylic acids is 1. The molecule has 2 aliphatic rings. The van der Waals surface area contributed by atoms with Gasteiger partial charge in [-0.1, -0.05) is 12.1 Å². The summed E-state index contributed by atoms with van der Waals surface area (Å²) < 4.78 is 0. The van der Waals surface area contributed by atoms with E-state index in [0.717, 1.165) is 56.8 Å². The number of hydrogen-bond donors (Lipinski definition) is 0. The lowest BCUT2D eigenvalue weighted by Gasteiger charge is -2.37. The number of aromatic nitrogens is 2. The topological polar surface area (TPSA) is 76.4 Å². The van der Waals surface area contributed by atoms with Crippen molar-refractivity contribution in [1.82, 2.24) is 24.7 Å². The standard InChI is InChI=1S/C24H30N6O/c1-24(2)9-8-21-20(15-26-22(14-25)27-21)17-30(24)23(31)19-6-4-18(5-7-19)16-29-12-10-28(3)11-13-29/h4-7,15H,8-13,16-17H2,1-3H3. The van der Waals surface area contributed by atoms with Crippen molar-refractivity contribution in [1.29, 1.82) is 5.26 Å². The van der Waals surface area contributed by atoms with Gasteiger partial charge in [0.1, 0.15) is 6.07 Å². The predicted octanol–water partition coefficient (Wildman–Crippen LogP) is 2.46. The van der Waals surface area contributed by atoms with Crippen LogP contribution < -0.4 is 0 Å². The first-order valence-corrected chi connectivity index (χ1v) is 10.9. The normalized spacial score (nSPS) is 19.4. The number of hydrogen-bond acceptors (Lipinski definition) is 6. The lowest BCUT2D eigenvalue weighted by Crippen LogP contribution is -2.46. The number of rotatable bonds is 3. The molecular weight excluding hydrogens is 388 g/mol. The lowest BCUT2D eigenvalue weighted by molar-refractivity contribution is 0.0518. The molecule has 2 aliphatic heterocycles. The Hall–Kier alpha value is -2.82. The van der Waals surface area contributed by atoms with Crippen LogP contribution in [0.25, 0.3) is 0 Å². The van der Waals surface area contributed by atoms with Crippen LogP contribution in [0.2, 0.25) is 0 Å². The molecule has 1 fully saturated rings. The Morgan fingerprint density at radius 2 is 1.87 bits per heavy atom. The number of amides is 1. The Balaban J connectivity index is 1.50. The van der Waals surface area contributed by atoms with Crippen LogP contribution in [0.1, 0.15) is 53.3 Å². The molecule has 0 saturated carbocycles. The van der Waals surface area contributed by atoms with Gasteiger partial charge in [0.15, 0.2) is 0 Å². The van der Waals surface area contributed by atoms with Crippen LogP contribution in [0.3, 0.4) is 0 Å². The summed E-state index contributed by atoms with van der Waals surface area (Å²) >= 11 is 0. The maximum Gasteiger partial charge on any atom is 0.254 e. The molecule has 0 unspecified atom stereocenters. The zero-order valence-electron chi connectivity index (χ0n) is 18.6. The molecule has 31 heavy (non-hydrogen) atoms. The maximum atomic E-state index is 13.5. The van der Waals surface area contributed by atoms with Crippen LogP contribution >= 0.6 is 0 Å². The molecule has 0 N–H and O–H groups in total. The van der Waals surface area contributed by atoms with Gasteiger partial charge in [0, 0.05) is 62.1 Å². The van der Waals surface area contributed by atoms with Crippen molar-refractivity contribution in [3.8, 4) is 6.07 Å². The van der Waals surface area contributed by atoms with Crippen LogP contribution in [-0.4, -0.2) is 69.3 Å². The molecule has 1 aromatic carbocycles. The fourth-order valence-corrected chi connectivity index (χ4v) is 4.31. The number of likely N-dealkylation sites (N-methyl/N-ethyl adjacent to an activating group) is 1. The van der Waals surface area contributed by atoms with E-state index in [2.05, 4.69) is 52.8 Å². The molecule has 1 saturated heterocycles. The van der Waals surface area contributed by atoms with Gasteiger partial charge in [-0.15, -0.1) is 0 Å². The molecule has 4 rings (SSSR count). The average molecular weight is 419 g/mol. The SMILES string of the molecule is CN1CCN(Cc2ccc(C(=O)N3Cc4cnc(C#N)nc4CCC3(C)C)cc2)CC1. The molecular formula is C24H30N6O. The minimum atomic E-state index is -0.316. The number of aryl methyl sites for hydroxylation is 1. The molecule has 7 heteroatoms. The van der Waals surface area contributed by atoms with E-state index in [1.807, 2.05) is 23.1 Å². The quantitative estimate of drug-likeness (QED) is 0.762. The molecule has 3 heterocycles. The summed E-state index contributed by atoms with van der Waals surface area (Å²) in [5.74, 6) is 0.209. The number of carbonyl (C=O) groups is 1. The molecule has 2 aromatic rings. The van der Waals surface area contributed by atoms with Gasteiger partial charge in [0.2, 0.25) is 5.82 Å². The number of nitriles is 1. The van der Waals surface area contributed by atoms with Crippen molar-refractivity contribution in [3.63, 3.8) is 0 Å². The van der Waals surface area contributed by atoms with E-state index < -0.39 is 0 Å². The van der Waals surface area contributed by atoms with Crippen molar-refractivity contribution < 1.29 is 4.79 Å². The highest BCUT2D eigenvalue weighted by Crippen LogP contribution is 2.30. The second kappa shape index (κ2) is 8.74. The highest BCUT2D eigenvalue weighted by Gasteiger charge is 2.35. The number of benzene rings is 1. The van der Waals surface area contributed by atoms with E-state index in [9.17, 15) is 4.79 Å². The molecule has 0 atom stereocenters. The Morgan fingerprint density at radius 3 is 2.55 bits per heavy atom. The van der Waals surface area contributed by atoms with E-state index in [1.54, 1.807) is 6.20 Å². The monoisotopic (exact) mass is 418 g/mol. The Morgan fingerprint density at radius 1 is 1.16 bits per heavy atom. The number of piperazine rings is 1. The molecule has 1 amide bonds. The summed E-state index contributed by atoms with van der Waals surface area (Å²) in [6.07, 6.45) is 3.21. The smallest absolute Gasteiger partial charge is 0.254 e. The first-order chi connectivity index (χ1) is 14.9. The third kappa shape index (κ3) is 4.76. The van der Waals surface area contributed by atoms with Gasteiger partial charge in [-0.3, -0.25) is 9.69 Å². The van der Waals surface area contributed by atoms with E-state index in [-0.39, 0.29) is 17.3 Å². The van der Waals surface area contributed by atoms with Crippen molar-refractivity contribution in [3.05, 3.63) is 58.7 Å². The van der Waals surface area contributed by atoms with Gasteiger partial charge in [0.05, 0.1) is 5.69 Å². The van der Waals surface area contributed by atoms with Crippen molar-refractivity contribution >= 4 is 5.91 Å². The Bertz CT molecular complexity index is 986. The second-order valence-corrected chi connectivity index (χ2v) is 9.26. The first kappa shape index (κ1) is 21.4. The minimum absolute atomic E-state index is 0.0216. The summed E-state index contributed by atoms with van der Waals surface area (Å²) in [6, 6.07) is 10.1. The molecule has 0 spiro atoms. The van der Waals surface area contributed by atoms with Crippen molar-refractivity contribution in [2.75, 3.05) is 33.2 Å². The summed E-state index contributed by atoms with van der Waals surface area (Å²) in [5.41, 5.74) is 3.41. The molecule has 0 aliphatic carbocycles. The van der Waals surface area contributed by atoms with Gasteiger partial charge in [-0.05, 0) is 51.4 Å². The van der Waals surface area contributed by atoms with E-state index in [0.29, 0.717) is 12.1 Å². The van der Waals surface area contributed by atoms with Crippen LogP contribution in [0.15, 0.2) is 30.5 Å². The van der Waals surface area contributed by atoms with Crippen LogP contribution in [-0.2, 0) is 19.5 Å². The van der Waals surface area contributed by atoms with E-state index >= 15 is 0 Å². The summed E-state index contributed by atoms with van der Waals surface area (Å²) in [4.78, 5) is 28.7. The molecule has 162 valence electrons. The van der Waals surface area contributed by atoms with Crippen molar-refractivity contribution in [2.45, 2.75) is 45.3 Å². The van der Waals surface area contributed by atoms with Crippen LogP contribution in [0.4, 0.5) is 0 Å². The van der Waals surface area contributed by atoms with Gasteiger partial charge in [-0.2, -0.15) is 5.26 Å². The van der Waals surface area contributed by atoms with Gasteiger partial charge in [-0.25, -0.2) is 9.97 Å². The largest absolute Gasteiger partial charge is 0.329 e. The summed E-state index contributed by atoms with van der Waals surface area (Å²) in [7, 11) is 2.16. The Kier molecular flexibility index (Phi) is 6.03. The molecule has 7 nitrogen and oxygen atoms in total. The maximum absolute atomic E-state index is 13.5. The highest BCUT2D eigenvalue weighted by molar-refractivity contribution is 5.94. The third-order valence-electron chi connectivity index (χ3n) is 6.54. The Labute approximate surface area is 184 Å². The van der Waals surface area contributed by atoms with E-state index in [1.165, 1.54) is 5.56 Å². The zero-order valence-corrected chi connectivity index (χ0v) is 18.6. The number of fused-ring (bicyclic) bond motifs is 1. The molecule has 1 aromatic heterocycles. The molecule has 0 bridgehead atoms. The summed E-state index contributed by atoms with van der Waals surface area (Å²) in [5, 5.41) is 9.09. The minimum Gasteiger partial charge on any atom is -0.329 e. The fraction of sp³-hybridized carbons (Fsp3) is 0.500. The molecule has 0 radical (unpaired) electrons. The van der Waals surface area contributed by atoms with Gasteiger partial charge >= 0.3 is 0 Å². The van der Waals surface area contributed by atoms with E-state index in [4.69, 9.17) is 5.26 Å². The average Bonchev–Trinajstić information content (AvgIpc) is 2.91. The lowest BCUT2D eigenvalue weighted by atomic mass is 9.95. The third-order valence-corrected chi connectivity index (χ3v) is 6.54. The second-order valence-electron chi connectivity index (χ2n) is 9.26.